The summed E-state index contributed by atoms with van der Waals surface area (Å²) in [6.45, 7) is 32.1. The van der Waals surface area contributed by atoms with Crippen molar-refractivity contribution in [1.82, 2.24) is 0 Å². The molecule has 0 aromatic heterocycles. The highest BCUT2D eigenvalue weighted by Gasteiger charge is 2.33. The molecular weight excluding hydrogens is 641 g/mol. The third-order valence-corrected chi connectivity index (χ3v) is 11.3. The first-order valence-corrected chi connectivity index (χ1v) is 19.4. The number of alkyl halides is 2. The van der Waals surface area contributed by atoms with E-state index in [1.54, 1.807) is 39.8 Å². The van der Waals surface area contributed by atoms with Crippen LogP contribution in [0.25, 0.3) is 0 Å². The highest BCUT2D eigenvalue weighted by atomic mass is 19.2. The van der Waals surface area contributed by atoms with Gasteiger partial charge in [0.2, 0.25) is 0 Å². The molecule has 51 heavy (non-hydrogen) atoms. The number of hydrogen-bond acceptors (Lipinski definition) is 0. The summed E-state index contributed by atoms with van der Waals surface area (Å²) in [4.78, 5) is 0. The van der Waals surface area contributed by atoms with Crippen LogP contribution in [0.1, 0.15) is 138 Å². The lowest BCUT2D eigenvalue weighted by Gasteiger charge is -2.31. The minimum atomic E-state index is -1.54. The first-order valence-electron chi connectivity index (χ1n) is 19.4. The third-order valence-electron chi connectivity index (χ3n) is 11.3. The van der Waals surface area contributed by atoms with Gasteiger partial charge in [0.05, 0.1) is 0 Å². The summed E-state index contributed by atoms with van der Waals surface area (Å²) < 4.78 is 60.1. The molecule has 0 bridgehead atoms. The first-order chi connectivity index (χ1) is 23.7. The van der Waals surface area contributed by atoms with Crippen LogP contribution in [0.3, 0.4) is 0 Å². The molecule has 1 aliphatic carbocycles. The van der Waals surface area contributed by atoms with E-state index in [0.29, 0.717) is 41.0 Å². The van der Waals surface area contributed by atoms with Crippen molar-refractivity contribution in [2.45, 2.75) is 151 Å². The molecule has 1 aromatic rings. The minimum absolute atomic E-state index is 0.0190. The summed E-state index contributed by atoms with van der Waals surface area (Å²) in [6, 6.07) is 3.51. The largest absolute Gasteiger partial charge is 0.240 e. The Hall–Kier alpha value is -2.88. The van der Waals surface area contributed by atoms with Gasteiger partial charge in [0.25, 0.3) is 0 Å². The number of aryl methyl sites for hydroxylation is 2. The Labute approximate surface area is 309 Å². The van der Waals surface area contributed by atoms with Gasteiger partial charge < -0.3 is 0 Å². The second-order valence-electron chi connectivity index (χ2n) is 16.2. The molecule has 0 spiro atoms. The standard InChI is InChI=1S/C47H68F4/c1-14-15-21-39-24-25-40(45(49)44(39)48)22-19-17-16-18-20-33(6)36(9)43(31(2)3)37(10)38-23-26-41(34(7)29-35(8)46(11,12)50)30-42(28-27-38)47(13,51)32(4)5/h24-25,27-30,32-33,38,41H,2,7,10,14-23,26H2,1,3-6,8-9,11-13H3/b28-27-,35-29+,42-30+,43-36+. The topological polar surface area (TPSA) is 0 Å². The van der Waals surface area contributed by atoms with Crippen molar-refractivity contribution in [3.63, 3.8) is 0 Å². The Morgan fingerprint density at radius 2 is 1.39 bits per heavy atom. The molecule has 0 amide bonds. The van der Waals surface area contributed by atoms with Crippen LogP contribution >= 0.6 is 0 Å². The maximum absolute atomic E-state index is 16.2. The van der Waals surface area contributed by atoms with Crippen LogP contribution in [0.15, 0.2) is 95.2 Å². The fourth-order valence-electron chi connectivity index (χ4n) is 6.84. The Kier molecular flexibility index (Phi) is 17.2. The number of rotatable bonds is 19. The molecule has 0 N–H and O–H groups in total. The van der Waals surface area contributed by atoms with Crippen molar-refractivity contribution < 1.29 is 17.6 Å². The van der Waals surface area contributed by atoms with Crippen LogP contribution in [0.2, 0.25) is 0 Å². The molecule has 0 fully saturated rings. The predicted octanol–water partition coefficient (Wildman–Crippen LogP) is 15.0. The molecule has 0 nitrogen and oxygen atoms in total. The molecule has 2 rings (SSSR count). The molecule has 4 unspecified atom stereocenters. The maximum Gasteiger partial charge on any atom is 0.162 e. The van der Waals surface area contributed by atoms with Crippen molar-refractivity contribution in [2.24, 2.45) is 23.7 Å². The first kappa shape index (κ1) is 44.3. The lowest BCUT2D eigenvalue weighted by molar-refractivity contribution is 0.172. The van der Waals surface area contributed by atoms with Gasteiger partial charge >= 0.3 is 0 Å². The van der Waals surface area contributed by atoms with E-state index in [-0.39, 0.29) is 17.8 Å². The van der Waals surface area contributed by atoms with Gasteiger partial charge in [-0.05, 0) is 137 Å². The van der Waals surface area contributed by atoms with Gasteiger partial charge in [-0.2, -0.15) is 0 Å². The van der Waals surface area contributed by atoms with Gasteiger partial charge in [0, 0.05) is 11.8 Å². The Morgan fingerprint density at radius 3 is 1.92 bits per heavy atom. The molecule has 284 valence electrons. The average molecular weight is 709 g/mol. The highest BCUT2D eigenvalue weighted by Crippen LogP contribution is 2.40. The van der Waals surface area contributed by atoms with E-state index in [4.69, 9.17) is 0 Å². The third kappa shape index (κ3) is 12.6. The molecular formula is C47H68F4. The van der Waals surface area contributed by atoms with E-state index in [1.807, 2.05) is 45.9 Å². The summed E-state index contributed by atoms with van der Waals surface area (Å²) >= 11 is 0. The molecule has 0 saturated carbocycles. The molecule has 0 saturated heterocycles. The summed E-state index contributed by atoms with van der Waals surface area (Å²) in [5, 5.41) is 0. The van der Waals surface area contributed by atoms with Gasteiger partial charge in [-0.3, -0.25) is 0 Å². The summed E-state index contributed by atoms with van der Waals surface area (Å²) in [5.74, 6) is -1.43. The van der Waals surface area contributed by atoms with Crippen LogP contribution in [0.5, 0.6) is 0 Å². The molecule has 0 aliphatic heterocycles. The van der Waals surface area contributed by atoms with Crippen LogP contribution in [-0.4, -0.2) is 11.3 Å². The number of halogens is 4. The smallest absolute Gasteiger partial charge is 0.162 e. The Morgan fingerprint density at radius 1 is 0.843 bits per heavy atom. The maximum atomic E-state index is 16.2. The second-order valence-corrected chi connectivity index (χ2v) is 16.2. The van der Waals surface area contributed by atoms with Crippen molar-refractivity contribution in [2.75, 3.05) is 0 Å². The van der Waals surface area contributed by atoms with Gasteiger partial charge in [0.15, 0.2) is 11.6 Å². The Bertz CT molecular complexity index is 1490. The minimum Gasteiger partial charge on any atom is -0.240 e. The molecule has 1 aromatic carbocycles. The number of allylic oxidation sites excluding steroid dienone is 11. The molecule has 0 radical (unpaired) electrons. The molecule has 0 heterocycles. The van der Waals surface area contributed by atoms with E-state index < -0.39 is 23.0 Å². The molecule has 4 atom stereocenters. The van der Waals surface area contributed by atoms with E-state index >= 15 is 4.39 Å². The predicted molar refractivity (Wildman–Crippen MR) is 213 cm³/mol. The van der Waals surface area contributed by atoms with Crippen molar-refractivity contribution in [3.05, 3.63) is 118 Å². The number of unbranched alkanes of at least 4 members (excludes halogenated alkanes) is 4. The van der Waals surface area contributed by atoms with Crippen molar-refractivity contribution in [1.29, 1.82) is 0 Å². The van der Waals surface area contributed by atoms with Gasteiger partial charge in [-0.15, -0.1) is 0 Å². The monoisotopic (exact) mass is 709 g/mol. The SMILES string of the molecule is C=C(C)/C(C(=C)C1/C=C\C(C(C)(F)C(C)C)=C/C(C(=C)/C=C(\C)C(C)(C)F)CC1)=C(/C)C(C)CCCCCCc1ccc(CCCC)c(F)c1F. The second kappa shape index (κ2) is 19.8. The summed E-state index contributed by atoms with van der Waals surface area (Å²) in [7, 11) is 0. The number of hydrogen-bond donors (Lipinski definition) is 0. The zero-order chi connectivity index (χ0) is 38.7. The van der Waals surface area contributed by atoms with Crippen LogP contribution < -0.4 is 0 Å². The van der Waals surface area contributed by atoms with Gasteiger partial charge in [-0.1, -0.05) is 121 Å². The lowest BCUT2D eigenvalue weighted by Crippen LogP contribution is -2.28. The summed E-state index contributed by atoms with van der Waals surface area (Å²) in [5.41, 5.74) is 4.25. The van der Waals surface area contributed by atoms with E-state index in [9.17, 15) is 13.2 Å². The van der Waals surface area contributed by atoms with Gasteiger partial charge in [-0.25, -0.2) is 17.6 Å². The van der Waals surface area contributed by atoms with Crippen LogP contribution in [0.4, 0.5) is 17.6 Å². The van der Waals surface area contributed by atoms with Crippen molar-refractivity contribution >= 4 is 0 Å². The molecule has 1 aliphatic rings. The van der Waals surface area contributed by atoms with Gasteiger partial charge in [0.1, 0.15) is 11.3 Å². The van der Waals surface area contributed by atoms with E-state index in [0.717, 1.165) is 80.1 Å². The van der Waals surface area contributed by atoms with E-state index in [1.165, 1.54) is 5.57 Å². The van der Waals surface area contributed by atoms with E-state index in [2.05, 4.69) is 39.7 Å². The van der Waals surface area contributed by atoms with Crippen molar-refractivity contribution in [3.8, 4) is 0 Å². The Balaban J connectivity index is 2.17. The number of benzene rings is 1. The normalized spacial score (nSPS) is 21.2. The lowest BCUT2D eigenvalue weighted by atomic mass is 9.76. The van der Waals surface area contributed by atoms with Crippen LogP contribution in [0, 0.1) is 35.3 Å². The highest BCUT2D eigenvalue weighted by molar-refractivity contribution is 5.50. The zero-order valence-corrected chi connectivity index (χ0v) is 33.7. The fourth-order valence-corrected chi connectivity index (χ4v) is 6.84. The molecule has 4 heteroatoms. The average Bonchev–Trinajstić information content (AvgIpc) is 3.03. The fraction of sp³-hybridized carbons (Fsp3) is 0.574. The zero-order valence-electron chi connectivity index (χ0n) is 33.7. The summed E-state index contributed by atoms with van der Waals surface area (Å²) in [6.07, 6.45) is 17.2. The quantitative estimate of drug-likeness (QED) is 0.0762. The van der Waals surface area contributed by atoms with Crippen LogP contribution in [-0.2, 0) is 12.8 Å².